The van der Waals surface area contributed by atoms with Crippen molar-refractivity contribution in [1.82, 2.24) is 14.9 Å². The molecule has 0 spiro atoms. The van der Waals surface area contributed by atoms with Gasteiger partial charge >= 0.3 is 0 Å². The molecule has 2 heterocycles. The molecule has 22 heavy (non-hydrogen) atoms. The van der Waals surface area contributed by atoms with Crippen LogP contribution in [0.3, 0.4) is 0 Å². The van der Waals surface area contributed by atoms with Gasteiger partial charge in [0.05, 0.1) is 18.4 Å². The summed E-state index contributed by atoms with van der Waals surface area (Å²) in [5, 5.41) is 5.06. The molecule has 2 rings (SSSR count). The summed E-state index contributed by atoms with van der Waals surface area (Å²) in [6.45, 7) is 1.38. The normalized spacial score (nSPS) is 10.0. The maximum atomic E-state index is 11.8. The van der Waals surface area contributed by atoms with Gasteiger partial charge in [-0.2, -0.15) is 0 Å². The molecular weight excluding hydrogens is 284 g/mol. The van der Waals surface area contributed by atoms with Crippen LogP contribution in [0.5, 0.6) is 0 Å². The highest BCUT2D eigenvalue weighted by Crippen LogP contribution is 2.01. The molecule has 0 fully saturated rings. The first-order chi connectivity index (χ1) is 10.6. The van der Waals surface area contributed by atoms with Gasteiger partial charge in [-0.15, -0.1) is 0 Å². The number of rotatable bonds is 5. The lowest BCUT2D eigenvalue weighted by Crippen LogP contribution is -2.37. The molecule has 114 valence electrons. The largest absolute Gasteiger partial charge is 0.345 e. The smallest absolute Gasteiger partial charge is 0.253 e. The summed E-state index contributed by atoms with van der Waals surface area (Å²) in [6.07, 6.45) is 4.63. The number of carbonyl (C=O) groups excluding carboxylic acids is 2. The van der Waals surface area contributed by atoms with Crippen molar-refractivity contribution in [2.45, 2.75) is 13.5 Å². The van der Waals surface area contributed by atoms with E-state index in [0.29, 0.717) is 11.3 Å². The van der Waals surface area contributed by atoms with Crippen molar-refractivity contribution in [3.8, 4) is 0 Å². The summed E-state index contributed by atoms with van der Waals surface area (Å²) < 4.78 is 1.30. The minimum absolute atomic E-state index is 0.124. The van der Waals surface area contributed by atoms with Gasteiger partial charge in [-0.05, 0) is 25.1 Å². The molecule has 0 atom stereocenters. The Balaban J connectivity index is 1.84. The van der Waals surface area contributed by atoms with E-state index in [4.69, 9.17) is 0 Å². The van der Waals surface area contributed by atoms with Gasteiger partial charge in [0.25, 0.3) is 5.56 Å². The summed E-state index contributed by atoms with van der Waals surface area (Å²) >= 11 is 0. The van der Waals surface area contributed by atoms with Gasteiger partial charge in [0.2, 0.25) is 11.8 Å². The van der Waals surface area contributed by atoms with E-state index in [-0.39, 0.29) is 24.6 Å². The average molecular weight is 300 g/mol. The number of carbonyl (C=O) groups is 2. The van der Waals surface area contributed by atoms with Crippen LogP contribution in [0.4, 0.5) is 5.69 Å². The van der Waals surface area contributed by atoms with Gasteiger partial charge in [0.15, 0.2) is 0 Å². The number of aromatic nitrogens is 2. The lowest BCUT2D eigenvalue weighted by molar-refractivity contribution is -0.124. The molecule has 0 aliphatic heterocycles. The van der Waals surface area contributed by atoms with Crippen molar-refractivity contribution >= 4 is 17.5 Å². The fourth-order valence-corrected chi connectivity index (χ4v) is 1.81. The molecule has 7 heteroatoms. The molecule has 2 amide bonds. The van der Waals surface area contributed by atoms with E-state index >= 15 is 0 Å². The van der Waals surface area contributed by atoms with Crippen LogP contribution in [0.25, 0.3) is 0 Å². The lowest BCUT2D eigenvalue weighted by atomic mass is 10.3. The summed E-state index contributed by atoms with van der Waals surface area (Å²) in [6, 6.07) is 6.76. The molecule has 0 saturated carbocycles. The Labute approximate surface area is 127 Å². The fourth-order valence-electron chi connectivity index (χ4n) is 1.81. The Bertz CT molecular complexity index is 725. The van der Waals surface area contributed by atoms with Crippen molar-refractivity contribution in [2.75, 3.05) is 11.9 Å². The number of pyridine rings is 2. The third-order valence-corrected chi connectivity index (χ3v) is 2.92. The maximum Gasteiger partial charge on any atom is 0.253 e. The second-order valence-corrected chi connectivity index (χ2v) is 4.69. The maximum absolute atomic E-state index is 11.8. The number of aryl methyl sites for hydroxylation is 1. The fraction of sp³-hybridized carbons (Fsp3) is 0.200. The zero-order chi connectivity index (χ0) is 15.9. The van der Waals surface area contributed by atoms with Crippen molar-refractivity contribution in [3.05, 3.63) is 58.8 Å². The second kappa shape index (κ2) is 7.16. The standard InChI is InChI=1S/C15H16N4O3/c1-11-4-3-7-19(15(11)22)10-14(21)17-9-13(20)18-12-5-2-6-16-8-12/h2-8H,9-10H2,1H3,(H,17,21)(H,18,20). The van der Waals surface area contributed by atoms with Crippen LogP contribution >= 0.6 is 0 Å². The van der Waals surface area contributed by atoms with E-state index in [9.17, 15) is 14.4 Å². The Morgan fingerprint density at radius 2 is 2.05 bits per heavy atom. The van der Waals surface area contributed by atoms with E-state index < -0.39 is 5.91 Å². The summed E-state index contributed by atoms with van der Waals surface area (Å²) in [5.74, 6) is -0.771. The minimum atomic E-state index is -0.408. The van der Waals surface area contributed by atoms with Crippen molar-refractivity contribution in [1.29, 1.82) is 0 Å². The molecule has 0 unspecified atom stereocenters. The van der Waals surface area contributed by atoms with Crippen LogP contribution in [0, 0.1) is 6.92 Å². The van der Waals surface area contributed by atoms with E-state index in [1.165, 1.54) is 17.0 Å². The molecule has 0 aromatic carbocycles. The highest BCUT2D eigenvalue weighted by molar-refractivity contribution is 5.94. The second-order valence-electron chi connectivity index (χ2n) is 4.69. The van der Waals surface area contributed by atoms with Crippen LogP contribution in [0.1, 0.15) is 5.56 Å². The van der Waals surface area contributed by atoms with E-state index in [1.807, 2.05) is 0 Å². The molecule has 2 aromatic heterocycles. The molecule has 7 nitrogen and oxygen atoms in total. The summed E-state index contributed by atoms with van der Waals surface area (Å²) in [7, 11) is 0. The van der Waals surface area contributed by atoms with Crippen LogP contribution in [-0.2, 0) is 16.1 Å². The van der Waals surface area contributed by atoms with Crippen molar-refractivity contribution in [2.24, 2.45) is 0 Å². The molecule has 0 aliphatic rings. The Morgan fingerprint density at radius 3 is 2.77 bits per heavy atom. The first-order valence-electron chi connectivity index (χ1n) is 6.69. The molecule has 0 saturated heterocycles. The van der Waals surface area contributed by atoms with Crippen molar-refractivity contribution < 1.29 is 9.59 Å². The monoisotopic (exact) mass is 300 g/mol. The lowest BCUT2D eigenvalue weighted by Gasteiger charge is -2.08. The molecule has 2 N–H and O–H groups in total. The zero-order valence-corrected chi connectivity index (χ0v) is 12.1. The number of hydrogen-bond donors (Lipinski definition) is 2. The molecule has 0 radical (unpaired) electrons. The van der Waals surface area contributed by atoms with Gasteiger partial charge in [0.1, 0.15) is 6.54 Å². The van der Waals surface area contributed by atoms with Crippen molar-refractivity contribution in [3.63, 3.8) is 0 Å². The van der Waals surface area contributed by atoms with Crippen LogP contribution in [0.15, 0.2) is 47.7 Å². The first kappa shape index (κ1) is 15.4. The highest BCUT2D eigenvalue weighted by atomic mass is 16.2. The van der Waals surface area contributed by atoms with Gasteiger partial charge in [0, 0.05) is 18.0 Å². The van der Waals surface area contributed by atoms with Gasteiger partial charge in [-0.1, -0.05) is 6.07 Å². The van der Waals surface area contributed by atoms with Gasteiger partial charge in [-0.3, -0.25) is 19.4 Å². The van der Waals surface area contributed by atoms with Crippen LogP contribution in [0.2, 0.25) is 0 Å². The third-order valence-electron chi connectivity index (χ3n) is 2.92. The summed E-state index contributed by atoms with van der Waals surface area (Å²) in [5.41, 5.74) is 0.888. The Hall–Kier alpha value is -2.96. The minimum Gasteiger partial charge on any atom is -0.345 e. The van der Waals surface area contributed by atoms with Gasteiger partial charge < -0.3 is 15.2 Å². The molecule has 0 bridgehead atoms. The molecule has 2 aromatic rings. The highest BCUT2D eigenvalue weighted by Gasteiger charge is 2.08. The molecule has 0 aliphatic carbocycles. The van der Waals surface area contributed by atoms with Crippen LogP contribution in [-0.4, -0.2) is 27.9 Å². The SMILES string of the molecule is Cc1cccn(CC(=O)NCC(=O)Nc2cccnc2)c1=O. The first-order valence-corrected chi connectivity index (χ1v) is 6.69. The Kier molecular flexibility index (Phi) is 5.02. The van der Waals surface area contributed by atoms with E-state index in [2.05, 4.69) is 15.6 Å². The van der Waals surface area contributed by atoms with Gasteiger partial charge in [-0.25, -0.2) is 0 Å². The van der Waals surface area contributed by atoms with E-state index in [1.54, 1.807) is 37.4 Å². The topological polar surface area (TPSA) is 93.1 Å². The number of hydrogen-bond acceptors (Lipinski definition) is 4. The summed E-state index contributed by atoms with van der Waals surface area (Å²) in [4.78, 5) is 39.1. The number of nitrogens with one attached hydrogen (secondary N) is 2. The zero-order valence-electron chi connectivity index (χ0n) is 12.1. The third kappa shape index (κ3) is 4.27. The number of amides is 2. The number of anilines is 1. The Morgan fingerprint density at radius 1 is 1.23 bits per heavy atom. The quantitative estimate of drug-likeness (QED) is 0.831. The predicted octanol–water partition coefficient (Wildman–Crippen LogP) is 0.307. The molecular formula is C15H16N4O3. The van der Waals surface area contributed by atoms with E-state index in [0.717, 1.165) is 0 Å². The number of nitrogens with zero attached hydrogens (tertiary/aromatic N) is 2. The predicted molar refractivity (Wildman–Crippen MR) is 81.3 cm³/mol. The average Bonchev–Trinajstić information content (AvgIpc) is 2.51. The van der Waals surface area contributed by atoms with Crippen LogP contribution < -0.4 is 16.2 Å².